The number of alkyl halides is 2. The molecule has 38 heavy (non-hydrogen) atoms. The highest BCUT2D eigenvalue weighted by Crippen LogP contribution is 2.32. The Kier molecular flexibility index (Phi) is 6.91. The molecule has 1 saturated heterocycles. The molecule has 1 fully saturated rings. The molecule has 5 rings (SSSR count). The summed E-state index contributed by atoms with van der Waals surface area (Å²) < 4.78 is 57.4. The van der Waals surface area contributed by atoms with Crippen molar-refractivity contribution in [2.45, 2.75) is 43.5 Å². The summed E-state index contributed by atoms with van der Waals surface area (Å²) in [6.45, 7) is 4.35. The van der Waals surface area contributed by atoms with Crippen molar-refractivity contribution in [3.8, 4) is 0 Å². The summed E-state index contributed by atoms with van der Waals surface area (Å²) in [7, 11) is -1.93. The molecule has 0 bridgehead atoms. The molecule has 0 saturated carbocycles. The van der Waals surface area contributed by atoms with Crippen LogP contribution in [0.15, 0.2) is 66.1 Å². The zero-order valence-corrected chi connectivity index (χ0v) is 22.4. The summed E-state index contributed by atoms with van der Waals surface area (Å²) in [6, 6.07) is 11.5. The number of nitrogens with zero attached hydrogens (tertiary/aromatic N) is 6. The normalized spacial score (nSPS) is 15.7. The predicted octanol–water partition coefficient (Wildman–Crippen LogP) is 4.37. The van der Waals surface area contributed by atoms with Crippen molar-refractivity contribution in [1.82, 2.24) is 23.8 Å². The molecule has 3 aromatic heterocycles. The smallest absolute Gasteiger partial charge is 0.302 e. The molecule has 0 atom stereocenters. The van der Waals surface area contributed by atoms with Crippen LogP contribution in [0.5, 0.6) is 0 Å². The van der Waals surface area contributed by atoms with E-state index in [4.69, 9.17) is 0 Å². The third kappa shape index (κ3) is 5.00. The largest absolute Gasteiger partial charge is 0.356 e. The average Bonchev–Trinajstić information content (AvgIpc) is 3.34. The summed E-state index contributed by atoms with van der Waals surface area (Å²) in [5.41, 5.74) is 1.89. The third-order valence-electron chi connectivity index (χ3n) is 7.15. The van der Waals surface area contributed by atoms with Crippen molar-refractivity contribution in [3.63, 3.8) is 0 Å². The Balaban J connectivity index is 1.31. The van der Waals surface area contributed by atoms with Gasteiger partial charge in [0.05, 0.1) is 16.8 Å². The third-order valence-corrected chi connectivity index (χ3v) is 8.83. The number of likely N-dealkylation sites (tertiary alicyclic amines) is 1. The molecule has 4 aromatic rings. The molecule has 0 N–H and O–H groups in total. The van der Waals surface area contributed by atoms with E-state index >= 15 is 0 Å². The van der Waals surface area contributed by atoms with Crippen LogP contribution in [-0.4, -0.2) is 65.0 Å². The van der Waals surface area contributed by atoms with E-state index in [1.165, 1.54) is 28.8 Å². The minimum atomic E-state index is -3.83. The molecular weight excluding hydrogens is 510 g/mol. The van der Waals surface area contributed by atoms with Gasteiger partial charge in [0.1, 0.15) is 17.8 Å². The van der Waals surface area contributed by atoms with Crippen LogP contribution in [-0.2, 0) is 15.9 Å². The van der Waals surface area contributed by atoms with Gasteiger partial charge in [-0.1, -0.05) is 23.8 Å². The summed E-state index contributed by atoms with van der Waals surface area (Å²) in [5, 5.41) is 0.616. The van der Waals surface area contributed by atoms with E-state index in [9.17, 15) is 17.2 Å². The highest BCUT2D eigenvalue weighted by molar-refractivity contribution is 7.90. The Bertz CT molecular complexity index is 1530. The lowest BCUT2D eigenvalue weighted by Gasteiger charge is -2.38. The van der Waals surface area contributed by atoms with Crippen LogP contribution in [0.25, 0.3) is 11.0 Å². The SMILES string of the molecule is Cc1ccc(S(=O)(=O)n2ccc3c(N(C)C4CCN(CC(F)(F)c5ccc(C)cn5)CC4)ncnc32)cc1. The first kappa shape index (κ1) is 26.2. The van der Waals surface area contributed by atoms with Crippen LogP contribution in [0.2, 0.25) is 0 Å². The molecule has 0 aliphatic carbocycles. The summed E-state index contributed by atoms with van der Waals surface area (Å²) in [4.78, 5) is 16.6. The van der Waals surface area contributed by atoms with Gasteiger partial charge < -0.3 is 4.90 Å². The fraction of sp³-hybridized carbons (Fsp3) is 0.370. The molecular formula is C27H30F2N6O2S. The quantitative estimate of drug-likeness (QED) is 0.344. The highest BCUT2D eigenvalue weighted by atomic mass is 32.2. The summed E-state index contributed by atoms with van der Waals surface area (Å²) >= 11 is 0. The second-order valence-electron chi connectivity index (χ2n) is 9.91. The second-order valence-corrected chi connectivity index (χ2v) is 11.7. The van der Waals surface area contributed by atoms with Crippen LogP contribution < -0.4 is 4.90 Å². The number of benzene rings is 1. The highest BCUT2D eigenvalue weighted by Gasteiger charge is 2.37. The number of rotatable bonds is 7. The van der Waals surface area contributed by atoms with Crippen LogP contribution in [0, 0.1) is 13.8 Å². The van der Waals surface area contributed by atoms with Crippen molar-refractivity contribution in [1.29, 1.82) is 0 Å². The Morgan fingerprint density at radius 1 is 0.974 bits per heavy atom. The number of hydrogen-bond acceptors (Lipinski definition) is 7. The first-order chi connectivity index (χ1) is 18.1. The van der Waals surface area contributed by atoms with Crippen molar-refractivity contribution in [2.24, 2.45) is 0 Å². The number of hydrogen-bond donors (Lipinski definition) is 0. The topological polar surface area (TPSA) is 84.2 Å². The fourth-order valence-corrected chi connectivity index (χ4v) is 6.20. The number of aromatic nitrogens is 4. The lowest BCUT2D eigenvalue weighted by Crippen LogP contribution is -2.46. The number of anilines is 1. The van der Waals surface area contributed by atoms with E-state index < -0.39 is 15.9 Å². The maximum absolute atomic E-state index is 14.8. The first-order valence-corrected chi connectivity index (χ1v) is 13.9. The van der Waals surface area contributed by atoms with Crippen LogP contribution in [0.3, 0.4) is 0 Å². The van der Waals surface area contributed by atoms with E-state index in [2.05, 4.69) is 15.0 Å². The van der Waals surface area contributed by atoms with E-state index in [1.54, 1.807) is 41.3 Å². The van der Waals surface area contributed by atoms with Crippen LogP contribution in [0.1, 0.15) is 29.7 Å². The van der Waals surface area contributed by atoms with Gasteiger partial charge in [0.2, 0.25) is 0 Å². The fourth-order valence-electron chi connectivity index (χ4n) is 4.90. The molecule has 0 unspecified atom stereocenters. The number of halogens is 2. The lowest BCUT2D eigenvalue weighted by molar-refractivity contribution is -0.0461. The zero-order chi connectivity index (χ0) is 27.1. The summed E-state index contributed by atoms with van der Waals surface area (Å²) in [5.74, 6) is -2.42. The van der Waals surface area contributed by atoms with Crippen molar-refractivity contribution >= 4 is 26.9 Å². The second kappa shape index (κ2) is 10.0. The van der Waals surface area contributed by atoms with Gasteiger partial charge in [-0.15, -0.1) is 0 Å². The zero-order valence-electron chi connectivity index (χ0n) is 21.6. The standard InChI is InChI=1S/C27H30F2N6O2S/c1-19-4-7-22(8-5-19)38(36,37)35-15-12-23-25(31-18-32-26(23)35)33(3)21-10-13-34(14-11-21)17-27(28,29)24-9-6-20(2)16-30-24/h4-9,12,15-16,18,21H,10-11,13-14,17H2,1-3H3. The molecule has 4 heterocycles. The van der Waals surface area contributed by atoms with Gasteiger partial charge in [-0.05, 0) is 56.5 Å². The minimum absolute atomic E-state index is 0.0625. The Hall–Kier alpha value is -3.44. The molecule has 1 aliphatic heterocycles. The van der Waals surface area contributed by atoms with Gasteiger partial charge in [0, 0.05) is 38.6 Å². The Morgan fingerprint density at radius 2 is 1.66 bits per heavy atom. The van der Waals surface area contributed by atoms with Gasteiger partial charge in [0.15, 0.2) is 5.65 Å². The molecule has 0 spiro atoms. The molecule has 11 heteroatoms. The molecule has 8 nitrogen and oxygen atoms in total. The number of aryl methyl sites for hydroxylation is 2. The van der Waals surface area contributed by atoms with Crippen molar-refractivity contribution in [2.75, 3.05) is 31.6 Å². The van der Waals surface area contributed by atoms with Crippen LogP contribution in [0.4, 0.5) is 14.6 Å². The van der Waals surface area contributed by atoms with Gasteiger partial charge in [0.25, 0.3) is 10.0 Å². The minimum Gasteiger partial charge on any atom is -0.356 e. The molecule has 0 amide bonds. The van der Waals surface area contributed by atoms with Crippen LogP contribution >= 0.6 is 0 Å². The van der Waals surface area contributed by atoms with Gasteiger partial charge >= 0.3 is 5.92 Å². The lowest BCUT2D eigenvalue weighted by atomic mass is 10.0. The molecule has 1 aromatic carbocycles. The molecule has 0 radical (unpaired) electrons. The van der Waals surface area contributed by atoms with E-state index in [0.717, 1.165) is 11.1 Å². The number of fused-ring (bicyclic) bond motifs is 1. The summed E-state index contributed by atoms with van der Waals surface area (Å²) in [6.07, 6.45) is 5.66. The Labute approximate surface area is 221 Å². The van der Waals surface area contributed by atoms with Gasteiger partial charge in [-0.25, -0.2) is 22.4 Å². The maximum Gasteiger partial charge on any atom is 0.302 e. The number of pyridine rings is 1. The Morgan fingerprint density at radius 3 is 2.32 bits per heavy atom. The van der Waals surface area contributed by atoms with Gasteiger partial charge in [-0.2, -0.15) is 8.78 Å². The molecule has 200 valence electrons. The maximum atomic E-state index is 14.8. The van der Waals surface area contributed by atoms with Crippen molar-refractivity contribution < 1.29 is 17.2 Å². The van der Waals surface area contributed by atoms with E-state index in [-0.39, 0.29) is 23.2 Å². The monoisotopic (exact) mass is 540 g/mol. The van der Waals surface area contributed by atoms with Gasteiger partial charge in [-0.3, -0.25) is 9.88 Å². The van der Waals surface area contributed by atoms with E-state index in [1.807, 2.05) is 25.8 Å². The van der Waals surface area contributed by atoms with E-state index in [0.29, 0.717) is 42.8 Å². The average molecular weight is 541 g/mol. The first-order valence-electron chi connectivity index (χ1n) is 12.5. The number of piperidine rings is 1. The molecule has 1 aliphatic rings. The predicted molar refractivity (Wildman–Crippen MR) is 142 cm³/mol. The van der Waals surface area contributed by atoms with Crippen molar-refractivity contribution in [3.05, 3.63) is 78.0 Å².